The van der Waals surface area contributed by atoms with Crippen LogP contribution in [0.2, 0.25) is 5.02 Å². The van der Waals surface area contributed by atoms with E-state index in [1.165, 1.54) is 33.5 Å². The number of halogens is 4. The molecule has 0 spiro atoms. The van der Waals surface area contributed by atoms with Crippen molar-refractivity contribution in [2.45, 2.75) is 23.2 Å². The van der Waals surface area contributed by atoms with Crippen LogP contribution in [0.15, 0.2) is 66.1 Å². The number of rotatable bonds is 5. The van der Waals surface area contributed by atoms with Crippen LogP contribution >= 0.6 is 11.6 Å². The Morgan fingerprint density at radius 3 is 2.53 bits per heavy atom. The molecule has 2 heterocycles. The molecule has 0 unspecified atom stereocenters. The molecule has 0 saturated carbocycles. The van der Waals surface area contributed by atoms with Crippen LogP contribution in [0.25, 0.3) is 0 Å². The SMILES string of the molecule is Cn1cnc(S(=O)(=O)N2C[C@H](Nc3cccc(C(F)(F)F)c3)[C@@H](c3ccccc3Cl)C2)c1. The summed E-state index contributed by atoms with van der Waals surface area (Å²) in [6.45, 7) is 0.157. The van der Waals surface area contributed by atoms with Gasteiger partial charge in [-0.2, -0.15) is 17.5 Å². The first-order valence-electron chi connectivity index (χ1n) is 9.72. The lowest BCUT2D eigenvalue weighted by molar-refractivity contribution is -0.137. The fourth-order valence-corrected chi connectivity index (χ4v) is 5.59. The summed E-state index contributed by atoms with van der Waals surface area (Å²) in [4.78, 5) is 3.96. The lowest BCUT2D eigenvalue weighted by atomic mass is 9.94. The van der Waals surface area contributed by atoms with Crippen LogP contribution in [0.4, 0.5) is 18.9 Å². The molecule has 1 N–H and O–H groups in total. The fourth-order valence-electron chi connectivity index (χ4n) is 3.85. The van der Waals surface area contributed by atoms with Crippen molar-refractivity contribution in [2.24, 2.45) is 7.05 Å². The largest absolute Gasteiger partial charge is 0.416 e. The van der Waals surface area contributed by atoms with Gasteiger partial charge in [-0.15, -0.1) is 0 Å². The Hall–Kier alpha value is -2.56. The van der Waals surface area contributed by atoms with Gasteiger partial charge < -0.3 is 9.88 Å². The number of nitrogens with one attached hydrogen (secondary N) is 1. The van der Waals surface area contributed by atoms with E-state index >= 15 is 0 Å². The third kappa shape index (κ3) is 4.48. The van der Waals surface area contributed by atoms with Gasteiger partial charge in [0.05, 0.1) is 11.9 Å². The molecule has 0 aliphatic carbocycles. The third-order valence-corrected chi connectivity index (χ3v) is 7.48. The van der Waals surface area contributed by atoms with E-state index < -0.39 is 27.8 Å². The van der Waals surface area contributed by atoms with Crippen molar-refractivity contribution in [1.29, 1.82) is 0 Å². The van der Waals surface area contributed by atoms with Gasteiger partial charge >= 0.3 is 6.18 Å². The van der Waals surface area contributed by atoms with Crippen LogP contribution < -0.4 is 5.32 Å². The average molecular weight is 485 g/mol. The monoisotopic (exact) mass is 484 g/mol. The maximum Gasteiger partial charge on any atom is 0.416 e. The molecule has 1 aliphatic rings. The van der Waals surface area contributed by atoms with Crippen LogP contribution in [0.3, 0.4) is 0 Å². The van der Waals surface area contributed by atoms with E-state index in [1.54, 1.807) is 31.3 Å². The molecule has 2 atom stereocenters. The summed E-state index contributed by atoms with van der Waals surface area (Å²) in [5.74, 6) is -0.378. The highest BCUT2D eigenvalue weighted by Gasteiger charge is 2.42. The summed E-state index contributed by atoms with van der Waals surface area (Å²) < 4.78 is 68.5. The zero-order chi connectivity index (χ0) is 23.1. The van der Waals surface area contributed by atoms with Gasteiger partial charge in [0.1, 0.15) is 0 Å². The smallest absolute Gasteiger partial charge is 0.380 e. The number of aryl methyl sites for hydroxylation is 1. The van der Waals surface area contributed by atoms with Crippen LogP contribution in [0.5, 0.6) is 0 Å². The van der Waals surface area contributed by atoms with Gasteiger partial charge in [-0.3, -0.25) is 0 Å². The number of sulfonamides is 1. The summed E-state index contributed by atoms with van der Waals surface area (Å²) in [6.07, 6.45) is -1.68. The summed E-state index contributed by atoms with van der Waals surface area (Å²) in [7, 11) is -2.22. The highest BCUT2D eigenvalue weighted by Crippen LogP contribution is 2.37. The molecule has 1 saturated heterocycles. The van der Waals surface area contributed by atoms with Gasteiger partial charge in [-0.25, -0.2) is 13.4 Å². The molecule has 32 heavy (non-hydrogen) atoms. The van der Waals surface area contributed by atoms with Crippen LogP contribution in [0, 0.1) is 0 Å². The molecular formula is C21H20ClF3N4O2S. The van der Waals surface area contributed by atoms with Gasteiger partial charge in [0.2, 0.25) is 0 Å². The van der Waals surface area contributed by atoms with Crippen molar-refractivity contribution in [3.05, 3.63) is 77.2 Å². The van der Waals surface area contributed by atoms with E-state index in [-0.39, 0.29) is 29.7 Å². The highest BCUT2D eigenvalue weighted by atomic mass is 35.5. The lowest BCUT2D eigenvalue weighted by Crippen LogP contribution is -2.32. The molecule has 0 amide bonds. The topological polar surface area (TPSA) is 67.2 Å². The molecule has 11 heteroatoms. The van der Waals surface area contributed by atoms with E-state index in [2.05, 4.69) is 10.3 Å². The second-order valence-corrected chi connectivity index (χ2v) is 9.95. The van der Waals surface area contributed by atoms with Gasteiger partial charge in [-0.05, 0) is 29.8 Å². The van der Waals surface area contributed by atoms with E-state index in [9.17, 15) is 21.6 Å². The second kappa shape index (κ2) is 8.42. The number of hydrogen-bond donors (Lipinski definition) is 1. The Kier molecular flexibility index (Phi) is 5.95. The Bertz CT molecular complexity index is 1230. The van der Waals surface area contributed by atoms with E-state index in [1.807, 2.05) is 0 Å². The predicted octanol–water partition coefficient (Wildman–Crippen LogP) is 4.36. The lowest BCUT2D eigenvalue weighted by Gasteiger charge is -2.22. The Balaban J connectivity index is 1.68. The highest BCUT2D eigenvalue weighted by molar-refractivity contribution is 7.89. The molecule has 1 aromatic heterocycles. The summed E-state index contributed by atoms with van der Waals surface area (Å²) in [6, 6.07) is 11.4. The van der Waals surface area contributed by atoms with Crippen molar-refractivity contribution in [3.8, 4) is 0 Å². The minimum absolute atomic E-state index is 0.0467. The van der Waals surface area contributed by atoms with Crippen molar-refractivity contribution in [3.63, 3.8) is 0 Å². The van der Waals surface area contributed by atoms with Crippen LogP contribution in [-0.4, -0.2) is 41.4 Å². The van der Waals surface area contributed by atoms with Gasteiger partial charge in [0.15, 0.2) is 5.03 Å². The number of nitrogens with zero attached hydrogens (tertiary/aromatic N) is 3. The minimum atomic E-state index is -4.48. The first-order valence-corrected chi connectivity index (χ1v) is 11.5. The fraction of sp³-hybridized carbons (Fsp3) is 0.286. The van der Waals surface area contributed by atoms with Crippen molar-refractivity contribution in [2.75, 3.05) is 18.4 Å². The minimum Gasteiger partial charge on any atom is -0.380 e. The number of hydrogen-bond acceptors (Lipinski definition) is 4. The molecule has 0 bridgehead atoms. The number of alkyl halides is 3. The van der Waals surface area contributed by atoms with Gasteiger partial charge in [0, 0.05) is 49.0 Å². The standard InChI is InChI=1S/C21H20ClF3N4O2S/c1-28-12-20(26-13-28)32(30,31)29-10-17(16-7-2-3-8-18(16)22)19(11-29)27-15-6-4-5-14(9-15)21(23,24)25/h2-9,12-13,17,19,27H,10-11H2,1H3/t17-,19+/m1/s1. The Labute approximate surface area is 188 Å². The zero-order valence-corrected chi connectivity index (χ0v) is 18.5. The summed E-state index contributed by atoms with van der Waals surface area (Å²) in [5.41, 5.74) is 0.184. The molecule has 4 rings (SSSR count). The first kappa shape index (κ1) is 22.6. The zero-order valence-electron chi connectivity index (χ0n) is 16.9. The molecule has 0 radical (unpaired) electrons. The van der Waals surface area contributed by atoms with Crippen molar-refractivity contribution < 1.29 is 21.6 Å². The summed E-state index contributed by atoms with van der Waals surface area (Å²) in [5, 5.41) is 3.48. The molecule has 2 aromatic carbocycles. The van der Waals surface area contributed by atoms with E-state index in [0.717, 1.165) is 17.7 Å². The van der Waals surface area contributed by atoms with Crippen LogP contribution in [-0.2, 0) is 23.2 Å². The van der Waals surface area contributed by atoms with Crippen LogP contribution in [0.1, 0.15) is 17.0 Å². The maximum atomic E-state index is 13.1. The number of aromatic nitrogens is 2. The normalized spacial score (nSPS) is 19.9. The number of anilines is 1. The molecule has 170 valence electrons. The quantitative estimate of drug-likeness (QED) is 0.584. The molecule has 6 nitrogen and oxygen atoms in total. The molecule has 1 fully saturated rings. The summed E-state index contributed by atoms with van der Waals surface area (Å²) >= 11 is 6.38. The van der Waals surface area contributed by atoms with Crippen molar-refractivity contribution >= 4 is 27.3 Å². The van der Waals surface area contributed by atoms with Gasteiger partial charge in [0.25, 0.3) is 10.0 Å². The second-order valence-electron chi connectivity index (χ2n) is 7.66. The predicted molar refractivity (Wildman–Crippen MR) is 115 cm³/mol. The molecule has 3 aromatic rings. The Morgan fingerprint density at radius 2 is 1.88 bits per heavy atom. The third-order valence-electron chi connectivity index (χ3n) is 5.42. The van der Waals surface area contributed by atoms with E-state index in [0.29, 0.717) is 5.02 Å². The first-order chi connectivity index (χ1) is 15.1. The molecular weight excluding hydrogens is 465 g/mol. The van der Waals surface area contributed by atoms with Gasteiger partial charge in [-0.1, -0.05) is 35.9 Å². The van der Waals surface area contributed by atoms with E-state index in [4.69, 9.17) is 11.6 Å². The maximum absolute atomic E-state index is 13.1. The van der Waals surface area contributed by atoms with Crippen molar-refractivity contribution in [1.82, 2.24) is 13.9 Å². The number of benzene rings is 2. The Morgan fingerprint density at radius 1 is 1.12 bits per heavy atom. The molecule has 1 aliphatic heterocycles. The average Bonchev–Trinajstić information content (AvgIpc) is 3.35. The number of imidazole rings is 1.